The Morgan fingerprint density at radius 1 is 1.40 bits per heavy atom. The average molecular weight is 348 g/mol. The molecule has 0 bridgehead atoms. The zero-order valence-corrected chi connectivity index (χ0v) is 15.0. The Labute approximate surface area is 149 Å². The second-order valence-corrected chi connectivity index (χ2v) is 7.18. The number of guanidine groups is 1. The smallest absolute Gasteiger partial charge is 0.191 e. The van der Waals surface area contributed by atoms with Crippen LogP contribution in [0, 0.1) is 5.82 Å². The zero-order chi connectivity index (χ0) is 17.7. The molecular weight excluding hydrogens is 319 g/mol. The predicted octanol–water partition coefficient (Wildman–Crippen LogP) is 2.26. The van der Waals surface area contributed by atoms with Crippen LogP contribution in [-0.4, -0.2) is 48.9 Å². The molecule has 0 spiro atoms. The van der Waals surface area contributed by atoms with Gasteiger partial charge in [0.05, 0.1) is 12.1 Å². The number of nitrogens with one attached hydrogen (secondary N) is 2. The molecular formula is C19H29FN4O. The number of halogens is 1. The van der Waals surface area contributed by atoms with Crippen LogP contribution in [0.5, 0.6) is 0 Å². The fraction of sp³-hybridized carbons (Fsp3) is 0.632. The van der Waals surface area contributed by atoms with E-state index in [1.54, 1.807) is 12.1 Å². The van der Waals surface area contributed by atoms with Crippen LogP contribution >= 0.6 is 0 Å². The molecule has 1 aliphatic carbocycles. The van der Waals surface area contributed by atoms with E-state index in [9.17, 15) is 9.50 Å². The van der Waals surface area contributed by atoms with Gasteiger partial charge < -0.3 is 20.6 Å². The Kier molecular flexibility index (Phi) is 5.78. The number of hydrogen-bond acceptors (Lipinski definition) is 3. The highest BCUT2D eigenvalue weighted by atomic mass is 19.1. The number of aliphatic imine (C=N–C) groups is 1. The molecule has 1 saturated carbocycles. The number of rotatable bonds is 5. The number of piperidine rings is 1. The van der Waals surface area contributed by atoms with Crippen molar-refractivity contribution in [3.8, 4) is 0 Å². The van der Waals surface area contributed by atoms with Gasteiger partial charge in [-0.2, -0.15) is 0 Å². The third-order valence-corrected chi connectivity index (χ3v) is 5.10. The van der Waals surface area contributed by atoms with E-state index in [2.05, 4.69) is 20.5 Å². The first-order valence-corrected chi connectivity index (χ1v) is 9.36. The van der Waals surface area contributed by atoms with E-state index in [-0.39, 0.29) is 11.9 Å². The third kappa shape index (κ3) is 4.84. The van der Waals surface area contributed by atoms with Crippen LogP contribution in [0.1, 0.15) is 39.0 Å². The topological polar surface area (TPSA) is 59.9 Å². The monoisotopic (exact) mass is 348 g/mol. The summed E-state index contributed by atoms with van der Waals surface area (Å²) in [5.74, 6) is 0.560. The van der Waals surface area contributed by atoms with E-state index in [4.69, 9.17) is 0 Å². The summed E-state index contributed by atoms with van der Waals surface area (Å²) in [7, 11) is 0. The molecule has 1 aliphatic heterocycles. The van der Waals surface area contributed by atoms with Crippen molar-refractivity contribution in [2.45, 2.75) is 50.7 Å². The first-order valence-electron chi connectivity index (χ1n) is 9.36. The molecule has 1 heterocycles. The Bertz CT molecular complexity index is 603. The number of anilines is 1. The molecule has 3 rings (SSSR count). The van der Waals surface area contributed by atoms with E-state index >= 15 is 0 Å². The lowest BCUT2D eigenvalue weighted by Gasteiger charge is -2.36. The van der Waals surface area contributed by atoms with Gasteiger partial charge in [0.2, 0.25) is 0 Å². The minimum Gasteiger partial charge on any atom is -0.388 e. The largest absolute Gasteiger partial charge is 0.388 e. The lowest BCUT2D eigenvalue weighted by molar-refractivity contribution is -0.0236. The van der Waals surface area contributed by atoms with E-state index in [0.29, 0.717) is 6.54 Å². The summed E-state index contributed by atoms with van der Waals surface area (Å²) in [5, 5.41) is 17.0. The lowest BCUT2D eigenvalue weighted by Crippen LogP contribution is -2.52. The van der Waals surface area contributed by atoms with E-state index in [1.807, 2.05) is 13.0 Å². The molecule has 1 saturated heterocycles. The quantitative estimate of drug-likeness (QED) is 0.564. The summed E-state index contributed by atoms with van der Waals surface area (Å²) in [5.41, 5.74) is 0.319. The summed E-state index contributed by atoms with van der Waals surface area (Å²) in [6.07, 6.45) is 4.87. The molecule has 3 N–H and O–H groups in total. The highest BCUT2D eigenvalue weighted by Crippen LogP contribution is 2.31. The molecule has 25 heavy (non-hydrogen) atoms. The molecule has 0 aromatic heterocycles. The van der Waals surface area contributed by atoms with Gasteiger partial charge in [-0.25, -0.2) is 4.39 Å². The van der Waals surface area contributed by atoms with Crippen LogP contribution in [0.25, 0.3) is 0 Å². The fourth-order valence-corrected chi connectivity index (χ4v) is 3.48. The zero-order valence-electron chi connectivity index (χ0n) is 15.0. The molecule has 6 heteroatoms. The summed E-state index contributed by atoms with van der Waals surface area (Å²) < 4.78 is 13.5. The maximum absolute atomic E-state index is 13.5. The van der Waals surface area contributed by atoms with Gasteiger partial charge in [-0.3, -0.25) is 4.99 Å². The van der Waals surface area contributed by atoms with Crippen molar-refractivity contribution in [3.05, 3.63) is 30.1 Å². The Morgan fingerprint density at radius 2 is 2.24 bits per heavy atom. The van der Waals surface area contributed by atoms with Gasteiger partial charge in [-0.05, 0) is 57.2 Å². The molecule has 1 atom stereocenters. The van der Waals surface area contributed by atoms with Crippen molar-refractivity contribution >= 4 is 11.6 Å². The lowest BCUT2D eigenvalue weighted by atomic mass is 9.80. The first kappa shape index (κ1) is 18.0. The highest BCUT2D eigenvalue weighted by Gasteiger charge is 2.34. The molecule has 1 aromatic carbocycles. The van der Waals surface area contributed by atoms with Crippen LogP contribution in [0.15, 0.2) is 29.3 Å². The van der Waals surface area contributed by atoms with Crippen molar-refractivity contribution in [1.29, 1.82) is 0 Å². The summed E-state index contributed by atoms with van der Waals surface area (Å²) in [4.78, 5) is 6.79. The van der Waals surface area contributed by atoms with Crippen molar-refractivity contribution in [2.24, 2.45) is 4.99 Å². The summed E-state index contributed by atoms with van der Waals surface area (Å²) in [6.45, 7) is 5.02. The molecule has 2 aliphatic rings. The van der Waals surface area contributed by atoms with Crippen LogP contribution in [0.2, 0.25) is 0 Å². The average Bonchev–Trinajstić information content (AvgIpc) is 2.58. The van der Waals surface area contributed by atoms with E-state index < -0.39 is 5.60 Å². The molecule has 138 valence electrons. The molecule has 1 unspecified atom stereocenters. The van der Waals surface area contributed by atoms with E-state index in [0.717, 1.165) is 63.4 Å². The molecule has 5 nitrogen and oxygen atoms in total. The van der Waals surface area contributed by atoms with Crippen LogP contribution in [0.4, 0.5) is 10.1 Å². The second-order valence-electron chi connectivity index (χ2n) is 7.18. The molecule has 0 amide bonds. The minimum atomic E-state index is -0.609. The van der Waals surface area contributed by atoms with Gasteiger partial charge in [-0.15, -0.1) is 0 Å². The van der Waals surface area contributed by atoms with Gasteiger partial charge >= 0.3 is 0 Å². The van der Waals surface area contributed by atoms with E-state index in [1.165, 1.54) is 6.07 Å². The maximum Gasteiger partial charge on any atom is 0.191 e. The SMILES string of the molecule is CCNC(=NCC1(O)CCC1)NC1CCCN(c2cccc(F)c2)C1. The first-order chi connectivity index (χ1) is 12.1. The van der Waals surface area contributed by atoms with Crippen molar-refractivity contribution in [3.63, 3.8) is 0 Å². The Balaban J connectivity index is 1.60. The molecule has 0 radical (unpaired) electrons. The predicted molar refractivity (Wildman–Crippen MR) is 99.6 cm³/mol. The fourth-order valence-electron chi connectivity index (χ4n) is 3.48. The Hall–Kier alpha value is -1.82. The van der Waals surface area contributed by atoms with Crippen molar-refractivity contribution in [1.82, 2.24) is 10.6 Å². The summed E-state index contributed by atoms with van der Waals surface area (Å²) >= 11 is 0. The number of nitrogens with zero attached hydrogens (tertiary/aromatic N) is 2. The maximum atomic E-state index is 13.5. The standard InChI is InChI=1S/C19H29FN4O/c1-2-21-18(22-14-19(25)9-5-10-19)23-16-7-4-11-24(13-16)17-8-3-6-15(20)12-17/h3,6,8,12,16,25H,2,4-5,7,9-11,13-14H2,1H3,(H2,21,22,23). The normalized spacial score (nSPS) is 23.1. The van der Waals surface area contributed by atoms with Gasteiger partial charge in [0.25, 0.3) is 0 Å². The van der Waals surface area contributed by atoms with Crippen molar-refractivity contribution in [2.75, 3.05) is 31.1 Å². The van der Waals surface area contributed by atoms with Crippen LogP contribution in [-0.2, 0) is 0 Å². The number of benzene rings is 1. The minimum absolute atomic E-state index is 0.198. The number of aliphatic hydroxyl groups is 1. The van der Waals surface area contributed by atoms with Crippen LogP contribution in [0.3, 0.4) is 0 Å². The Morgan fingerprint density at radius 3 is 2.92 bits per heavy atom. The second kappa shape index (κ2) is 8.04. The van der Waals surface area contributed by atoms with Gasteiger partial charge in [0.15, 0.2) is 5.96 Å². The van der Waals surface area contributed by atoms with Gasteiger partial charge in [0.1, 0.15) is 5.82 Å². The van der Waals surface area contributed by atoms with Gasteiger partial charge in [-0.1, -0.05) is 6.07 Å². The summed E-state index contributed by atoms with van der Waals surface area (Å²) in [6, 6.07) is 7.03. The van der Waals surface area contributed by atoms with Gasteiger partial charge in [0, 0.05) is 31.4 Å². The highest BCUT2D eigenvalue weighted by molar-refractivity contribution is 5.80. The molecule has 1 aromatic rings. The van der Waals surface area contributed by atoms with Crippen molar-refractivity contribution < 1.29 is 9.50 Å². The van der Waals surface area contributed by atoms with Crippen LogP contribution < -0.4 is 15.5 Å². The third-order valence-electron chi connectivity index (χ3n) is 5.10. The number of hydrogen-bond donors (Lipinski definition) is 3. The molecule has 2 fully saturated rings.